The first-order chi connectivity index (χ1) is 8.62. The maximum absolute atomic E-state index is 9.92. The Balaban J connectivity index is 1.68. The maximum atomic E-state index is 9.92. The van der Waals surface area contributed by atoms with Crippen molar-refractivity contribution in [1.82, 2.24) is 9.88 Å². The summed E-state index contributed by atoms with van der Waals surface area (Å²) in [7, 11) is 0. The highest BCUT2D eigenvalue weighted by atomic mass is 32.1. The second kappa shape index (κ2) is 4.50. The molecule has 96 valence electrons. The van der Waals surface area contributed by atoms with Crippen LogP contribution in [0.25, 0.3) is 10.8 Å². The molecule has 0 amide bonds. The van der Waals surface area contributed by atoms with Crippen LogP contribution in [0.15, 0.2) is 28.2 Å². The number of thiazole rings is 1. The van der Waals surface area contributed by atoms with E-state index in [2.05, 4.69) is 15.3 Å². The van der Waals surface area contributed by atoms with Gasteiger partial charge in [-0.05, 0) is 25.5 Å². The molecule has 1 unspecified atom stereocenters. The minimum atomic E-state index is -0.542. The van der Waals surface area contributed by atoms with Gasteiger partial charge in [-0.3, -0.25) is 4.90 Å². The van der Waals surface area contributed by atoms with Crippen LogP contribution in [-0.2, 0) is 6.54 Å². The number of aromatic nitrogens is 1. The Morgan fingerprint density at radius 2 is 2.50 bits per heavy atom. The predicted molar refractivity (Wildman–Crippen MR) is 70.3 cm³/mol. The van der Waals surface area contributed by atoms with E-state index in [-0.39, 0.29) is 0 Å². The molecule has 4 nitrogen and oxygen atoms in total. The second-order valence-electron chi connectivity index (χ2n) is 5.08. The van der Waals surface area contributed by atoms with E-state index < -0.39 is 5.60 Å². The summed E-state index contributed by atoms with van der Waals surface area (Å²) >= 11 is 1.60. The molecule has 0 aromatic carbocycles. The van der Waals surface area contributed by atoms with E-state index in [1.165, 1.54) is 0 Å². The van der Waals surface area contributed by atoms with Crippen molar-refractivity contribution in [2.24, 2.45) is 0 Å². The number of β-amino-alcohol motifs (C(OH)–C–C–N with tert-alkyl or cyclic N) is 1. The number of aliphatic hydroxyl groups is 1. The van der Waals surface area contributed by atoms with Crippen LogP contribution in [0.5, 0.6) is 0 Å². The van der Waals surface area contributed by atoms with Crippen LogP contribution in [0.2, 0.25) is 0 Å². The lowest BCUT2D eigenvalue weighted by Crippen LogP contribution is -2.29. The van der Waals surface area contributed by atoms with Gasteiger partial charge >= 0.3 is 0 Å². The van der Waals surface area contributed by atoms with E-state index in [9.17, 15) is 5.11 Å². The van der Waals surface area contributed by atoms with Crippen LogP contribution in [0.4, 0.5) is 0 Å². The zero-order chi connectivity index (χ0) is 12.6. The fraction of sp³-hybridized carbons (Fsp3) is 0.462. The Morgan fingerprint density at radius 3 is 3.17 bits per heavy atom. The number of hydrogen-bond acceptors (Lipinski definition) is 5. The molecule has 3 heterocycles. The van der Waals surface area contributed by atoms with Gasteiger partial charge < -0.3 is 9.52 Å². The van der Waals surface area contributed by atoms with E-state index >= 15 is 0 Å². The van der Waals surface area contributed by atoms with Crippen molar-refractivity contribution in [1.29, 1.82) is 0 Å². The van der Waals surface area contributed by atoms with Crippen LogP contribution in [0.3, 0.4) is 0 Å². The van der Waals surface area contributed by atoms with Crippen molar-refractivity contribution in [3.05, 3.63) is 29.5 Å². The lowest BCUT2D eigenvalue weighted by molar-refractivity contribution is 0.0678. The molecule has 2 aromatic heterocycles. The zero-order valence-electron chi connectivity index (χ0n) is 10.3. The Labute approximate surface area is 110 Å². The minimum absolute atomic E-state index is 0.542. The van der Waals surface area contributed by atoms with Crippen LogP contribution in [-0.4, -0.2) is 33.7 Å². The topological polar surface area (TPSA) is 49.5 Å². The molecule has 1 fully saturated rings. The van der Waals surface area contributed by atoms with Gasteiger partial charge in [-0.25, -0.2) is 4.98 Å². The molecule has 18 heavy (non-hydrogen) atoms. The lowest BCUT2D eigenvalue weighted by atomic mass is 10.1. The zero-order valence-corrected chi connectivity index (χ0v) is 11.1. The molecule has 0 saturated carbocycles. The summed E-state index contributed by atoms with van der Waals surface area (Å²) in [5.41, 5.74) is 0.504. The summed E-state index contributed by atoms with van der Waals surface area (Å²) < 4.78 is 5.33. The normalized spacial score (nSPS) is 24.8. The van der Waals surface area contributed by atoms with Gasteiger partial charge in [0.15, 0.2) is 10.8 Å². The fourth-order valence-corrected chi connectivity index (χ4v) is 3.07. The largest absolute Gasteiger partial charge is 0.462 e. The quantitative estimate of drug-likeness (QED) is 0.924. The molecule has 3 rings (SSSR count). The molecule has 1 saturated heterocycles. The third kappa shape index (κ3) is 2.48. The molecular formula is C13H16N2O2S. The van der Waals surface area contributed by atoms with E-state index in [0.29, 0.717) is 0 Å². The average molecular weight is 264 g/mol. The number of likely N-dealkylation sites (tertiary alicyclic amines) is 1. The SMILES string of the molecule is CC1(O)CCN(Cc2csc(-c3ccco3)n2)C1. The summed E-state index contributed by atoms with van der Waals surface area (Å²) in [6, 6.07) is 3.79. The van der Waals surface area contributed by atoms with Gasteiger partial charge in [0, 0.05) is 25.0 Å². The van der Waals surface area contributed by atoms with E-state index in [1.54, 1.807) is 17.6 Å². The first-order valence-corrected chi connectivity index (χ1v) is 6.93. The summed E-state index contributed by atoms with van der Waals surface area (Å²) in [5, 5.41) is 12.9. The van der Waals surface area contributed by atoms with E-state index in [1.807, 2.05) is 19.1 Å². The number of nitrogens with zero attached hydrogens (tertiary/aromatic N) is 2. The molecule has 0 bridgehead atoms. The first-order valence-electron chi connectivity index (χ1n) is 6.05. The smallest absolute Gasteiger partial charge is 0.162 e. The maximum Gasteiger partial charge on any atom is 0.162 e. The van der Waals surface area contributed by atoms with Crippen molar-refractivity contribution in [2.75, 3.05) is 13.1 Å². The van der Waals surface area contributed by atoms with Gasteiger partial charge in [-0.2, -0.15) is 0 Å². The minimum Gasteiger partial charge on any atom is -0.462 e. The highest BCUT2D eigenvalue weighted by molar-refractivity contribution is 7.13. The molecular weight excluding hydrogens is 248 g/mol. The molecule has 0 radical (unpaired) electrons. The molecule has 1 aliphatic rings. The molecule has 0 spiro atoms. The van der Waals surface area contributed by atoms with Crippen LogP contribution < -0.4 is 0 Å². The molecule has 1 aliphatic heterocycles. The molecule has 5 heteroatoms. The van der Waals surface area contributed by atoms with Gasteiger partial charge in [0.2, 0.25) is 0 Å². The van der Waals surface area contributed by atoms with Gasteiger partial charge in [0.1, 0.15) is 0 Å². The predicted octanol–water partition coefficient (Wildman–Crippen LogP) is 2.36. The summed E-state index contributed by atoms with van der Waals surface area (Å²) in [4.78, 5) is 6.80. The highest BCUT2D eigenvalue weighted by Crippen LogP contribution is 2.26. The molecule has 0 aliphatic carbocycles. The van der Waals surface area contributed by atoms with Crippen molar-refractivity contribution in [3.63, 3.8) is 0 Å². The molecule has 2 aromatic rings. The molecule has 1 N–H and O–H groups in total. The Kier molecular flexibility index (Phi) is 2.97. The van der Waals surface area contributed by atoms with Gasteiger partial charge in [-0.1, -0.05) is 0 Å². The third-order valence-electron chi connectivity index (χ3n) is 3.20. The summed E-state index contributed by atoms with van der Waals surface area (Å²) in [6.45, 7) is 4.34. The van der Waals surface area contributed by atoms with Crippen LogP contribution in [0.1, 0.15) is 19.0 Å². The first kappa shape index (κ1) is 11.9. The van der Waals surface area contributed by atoms with Gasteiger partial charge in [-0.15, -0.1) is 11.3 Å². The van der Waals surface area contributed by atoms with Gasteiger partial charge in [0.25, 0.3) is 0 Å². The molecule has 1 atom stereocenters. The van der Waals surface area contributed by atoms with E-state index in [4.69, 9.17) is 4.42 Å². The average Bonchev–Trinajstić information content (AvgIpc) is 2.99. The van der Waals surface area contributed by atoms with Crippen molar-refractivity contribution in [2.45, 2.75) is 25.5 Å². The third-order valence-corrected chi connectivity index (χ3v) is 4.11. The van der Waals surface area contributed by atoms with E-state index in [0.717, 1.165) is 42.5 Å². The summed E-state index contributed by atoms with van der Waals surface area (Å²) in [5.74, 6) is 0.819. The summed E-state index contributed by atoms with van der Waals surface area (Å²) in [6.07, 6.45) is 2.50. The van der Waals surface area contributed by atoms with Crippen LogP contribution in [0, 0.1) is 0 Å². The van der Waals surface area contributed by atoms with Crippen LogP contribution >= 0.6 is 11.3 Å². The highest BCUT2D eigenvalue weighted by Gasteiger charge is 2.31. The van der Waals surface area contributed by atoms with Crippen molar-refractivity contribution < 1.29 is 9.52 Å². The number of furan rings is 1. The standard InChI is InChI=1S/C13H16N2O2S/c1-13(16)4-5-15(9-13)7-10-8-18-12(14-10)11-3-2-6-17-11/h2-3,6,8,16H,4-5,7,9H2,1H3. The van der Waals surface area contributed by atoms with Gasteiger partial charge in [0.05, 0.1) is 17.6 Å². The monoisotopic (exact) mass is 264 g/mol. The van der Waals surface area contributed by atoms with Crippen molar-refractivity contribution >= 4 is 11.3 Å². The Bertz CT molecular complexity index is 519. The fourth-order valence-electron chi connectivity index (χ4n) is 2.30. The Hall–Kier alpha value is -1.17. The lowest BCUT2D eigenvalue weighted by Gasteiger charge is -2.17. The van der Waals surface area contributed by atoms with Crippen molar-refractivity contribution in [3.8, 4) is 10.8 Å². The number of rotatable bonds is 3. The number of hydrogen-bond donors (Lipinski definition) is 1. The second-order valence-corrected chi connectivity index (χ2v) is 5.94. The Morgan fingerprint density at radius 1 is 1.61 bits per heavy atom.